The second-order valence-electron chi connectivity index (χ2n) is 3.73. The maximum Gasteiger partial charge on any atom is 0.104 e. The van der Waals surface area contributed by atoms with Gasteiger partial charge >= 0.3 is 0 Å². The summed E-state index contributed by atoms with van der Waals surface area (Å²) >= 11 is 1.61. The topological polar surface area (TPSA) is 57.0 Å². The molecule has 4 N–H and O–H groups in total. The number of hydrogen-bond acceptors (Lipinski definition) is 3. The largest absolute Gasteiger partial charge is 0.391 e. The smallest absolute Gasteiger partial charge is 0.104 e. The maximum absolute atomic E-state index is 5.86. The third-order valence-electron chi connectivity index (χ3n) is 2.74. The number of aryl methyl sites for hydroxylation is 1. The number of fused-ring (bicyclic) bond motifs is 2. The Morgan fingerprint density at radius 3 is 2.67 bits per heavy atom. The third kappa shape index (κ3) is 1.11. The number of nitrogens with two attached hydrogens (primary N) is 2. The molecule has 0 aliphatic rings. The zero-order chi connectivity index (χ0) is 10.6. The van der Waals surface area contributed by atoms with Crippen LogP contribution in [0.3, 0.4) is 0 Å². The van der Waals surface area contributed by atoms with Gasteiger partial charge in [-0.25, -0.2) is 0 Å². The second-order valence-corrected chi connectivity index (χ2v) is 4.84. The summed E-state index contributed by atoms with van der Waals surface area (Å²) in [6.45, 7) is 0. The zero-order valence-electron chi connectivity index (χ0n) is 8.32. The molecule has 0 bridgehead atoms. The number of benzene rings is 1. The Balaban J connectivity index is 2.51. The van der Waals surface area contributed by atoms with E-state index in [4.69, 9.17) is 11.5 Å². The lowest BCUT2D eigenvalue weighted by atomic mass is 10.2. The lowest BCUT2D eigenvalue weighted by Crippen LogP contribution is -1.94. The standard InChI is InChI=1S/C11H11N3S/c1-14-8-2-7-5-11(13)15-9(7)3-6(8)4-10(14)12/h2-5H,12-13H2,1H3. The van der Waals surface area contributed by atoms with Gasteiger partial charge in [-0.05, 0) is 29.7 Å². The van der Waals surface area contributed by atoms with Crippen molar-refractivity contribution in [1.82, 2.24) is 4.57 Å². The van der Waals surface area contributed by atoms with Gasteiger partial charge in [0.1, 0.15) is 5.82 Å². The third-order valence-corrected chi connectivity index (χ3v) is 3.66. The van der Waals surface area contributed by atoms with Crippen LogP contribution in [0.4, 0.5) is 10.8 Å². The molecule has 0 aliphatic carbocycles. The van der Waals surface area contributed by atoms with Crippen molar-refractivity contribution in [3.63, 3.8) is 0 Å². The molecule has 0 saturated heterocycles. The van der Waals surface area contributed by atoms with Crippen molar-refractivity contribution in [3.8, 4) is 0 Å². The van der Waals surface area contributed by atoms with Crippen LogP contribution < -0.4 is 11.5 Å². The highest BCUT2D eigenvalue weighted by molar-refractivity contribution is 7.22. The highest BCUT2D eigenvalue weighted by atomic mass is 32.1. The van der Waals surface area contributed by atoms with Crippen molar-refractivity contribution in [3.05, 3.63) is 24.3 Å². The predicted molar refractivity (Wildman–Crippen MR) is 67.1 cm³/mol. The van der Waals surface area contributed by atoms with E-state index in [9.17, 15) is 0 Å². The number of aromatic nitrogens is 1. The minimum Gasteiger partial charge on any atom is -0.391 e. The number of thiophene rings is 1. The summed E-state index contributed by atoms with van der Waals surface area (Å²) in [6, 6.07) is 8.27. The molecular formula is C11H11N3S. The van der Waals surface area contributed by atoms with Gasteiger partial charge in [0, 0.05) is 17.1 Å². The molecule has 0 aliphatic heterocycles. The Morgan fingerprint density at radius 1 is 1.07 bits per heavy atom. The summed E-state index contributed by atoms with van der Waals surface area (Å²) < 4.78 is 3.20. The molecule has 3 nitrogen and oxygen atoms in total. The van der Waals surface area contributed by atoms with Gasteiger partial charge in [-0.3, -0.25) is 0 Å². The van der Waals surface area contributed by atoms with E-state index in [2.05, 4.69) is 12.1 Å². The van der Waals surface area contributed by atoms with Gasteiger partial charge in [-0.2, -0.15) is 0 Å². The van der Waals surface area contributed by atoms with Gasteiger partial charge < -0.3 is 16.0 Å². The van der Waals surface area contributed by atoms with Crippen LogP contribution in [0.25, 0.3) is 21.0 Å². The summed E-state index contributed by atoms with van der Waals surface area (Å²) in [4.78, 5) is 0. The van der Waals surface area contributed by atoms with E-state index in [-0.39, 0.29) is 0 Å². The molecule has 3 aromatic rings. The molecule has 76 valence electrons. The minimum absolute atomic E-state index is 0.788. The van der Waals surface area contributed by atoms with E-state index in [0.29, 0.717) is 0 Å². The first-order chi connectivity index (χ1) is 7.15. The number of hydrogen-bond donors (Lipinski definition) is 2. The summed E-state index contributed by atoms with van der Waals surface area (Å²) in [5.74, 6) is 0.788. The summed E-state index contributed by atoms with van der Waals surface area (Å²) in [5, 5.41) is 3.21. The van der Waals surface area contributed by atoms with E-state index in [1.165, 1.54) is 15.5 Å². The molecule has 0 saturated carbocycles. The van der Waals surface area contributed by atoms with Gasteiger partial charge in [0.05, 0.1) is 10.5 Å². The van der Waals surface area contributed by atoms with Gasteiger partial charge in [-0.1, -0.05) is 0 Å². The molecule has 3 rings (SSSR count). The van der Waals surface area contributed by atoms with Crippen molar-refractivity contribution in [1.29, 1.82) is 0 Å². The fourth-order valence-electron chi connectivity index (χ4n) is 1.91. The fraction of sp³-hybridized carbons (Fsp3) is 0.0909. The number of nitrogen functional groups attached to an aromatic ring is 2. The van der Waals surface area contributed by atoms with E-state index in [0.717, 1.165) is 16.3 Å². The normalized spacial score (nSPS) is 11.5. The molecule has 0 unspecified atom stereocenters. The fourth-order valence-corrected chi connectivity index (χ4v) is 2.77. The highest BCUT2D eigenvalue weighted by Crippen LogP contribution is 2.32. The maximum atomic E-state index is 5.86. The Bertz CT molecular complexity index is 663. The molecule has 1 aromatic carbocycles. The molecule has 15 heavy (non-hydrogen) atoms. The average molecular weight is 217 g/mol. The van der Waals surface area contributed by atoms with Gasteiger partial charge in [0.15, 0.2) is 0 Å². The summed E-state index contributed by atoms with van der Waals surface area (Å²) in [6.07, 6.45) is 0. The zero-order valence-corrected chi connectivity index (χ0v) is 9.14. The lowest BCUT2D eigenvalue weighted by Gasteiger charge is -1.98. The first kappa shape index (κ1) is 8.61. The van der Waals surface area contributed by atoms with Crippen molar-refractivity contribution in [2.45, 2.75) is 0 Å². The number of rotatable bonds is 0. The second kappa shape index (κ2) is 2.67. The van der Waals surface area contributed by atoms with E-state index in [1.54, 1.807) is 11.3 Å². The van der Waals surface area contributed by atoms with E-state index in [1.807, 2.05) is 23.7 Å². The van der Waals surface area contributed by atoms with Crippen molar-refractivity contribution in [2.75, 3.05) is 11.5 Å². The minimum atomic E-state index is 0.788. The quantitative estimate of drug-likeness (QED) is 0.608. The van der Waals surface area contributed by atoms with Crippen molar-refractivity contribution >= 4 is 43.1 Å². The Morgan fingerprint density at radius 2 is 1.87 bits per heavy atom. The molecule has 0 fully saturated rings. The van der Waals surface area contributed by atoms with Gasteiger partial charge in [0.25, 0.3) is 0 Å². The molecular weight excluding hydrogens is 206 g/mol. The van der Waals surface area contributed by atoms with Crippen molar-refractivity contribution in [2.24, 2.45) is 7.05 Å². The average Bonchev–Trinajstić information content (AvgIpc) is 2.65. The van der Waals surface area contributed by atoms with E-state index >= 15 is 0 Å². The molecule has 0 spiro atoms. The van der Waals surface area contributed by atoms with Crippen LogP contribution in [0, 0.1) is 0 Å². The predicted octanol–water partition coefficient (Wildman–Crippen LogP) is 2.56. The van der Waals surface area contributed by atoms with Crippen LogP contribution in [0.1, 0.15) is 0 Å². The van der Waals surface area contributed by atoms with Crippen molar-refractivity contribution < 1.29 is 0 Å². The monoisotopic (exact) mass is 217 g/mol. The van der Waals surface area contributed by atoms with Crippen LogP contribution in [0.5, 0.6) is 0 Å². The SMILES string of the molecule is Cn1c(N)cc2cc3sc(N)cc3cc21. The van der Waals surface area contributed by atoms with Gasteiger partial charge in [0.2, 0.25) is 0 Å². The molecule has 0 radical (unpaired) electrons. The van der Waals surface area contributed by atoms with Crippen LogP contribution in [0.15, 0.2) is 24.3 Å². The number of nitrogens with zero attached hydrogens (tertiary/aromatic N) is 1. The Hall–Kier alpha value is -1.68. The molecule has 2 aromatic heterocycles. The first-order valence-electron chi connectivity index (χ1n) is 4.69. The summed E-state index contributed by atoms with van der Waals surface area (Å²) in [5.41, 5.74) is 12.8. The first-order valence-corrected chi connectivity index (χ1v) is 5.51. The van der Waals surface area contributed by atoms with E-state index < -0.39 is 0 Å². The Kier molecular flexibility index (Phi) is 1.53. The molecule has 0 amide bonds. The van der Waals surface area contributed by atoms with Gasteiger partial charge in [-0.15, -0.1) is 11.3 Å². The molecule has 2 heterocycles. The highest BCUT2D eigenvalue weighted by Gasteiger charge is 2.06. The van der Waals surface area contributed by atoms with Crippen LogP contribution in [-0.2, 0) is 7.05 Å². The van der Waals surface area contributed by atoms with Crippen LogP contribution in [0.2, 0.25) is 0 Å². The van der Waals surface area contributed by atoms with Crippen LogP contribution >= 0.6 is 11.3 Å². The lowest BCUT2D eigenvalue weighted by molar-refractivity contribution is 0.984. The molecule has 0 atom stereocenters. The number of anilines is 2. The Labute approximate surface area is 90.9 Å². The van der Waals surface area contributed by atoms with Crippen LogP contribution in [-0.4, -0.2) is 4.57 Å². The summed E-state index contributed by atoms with van der Waals surface area (Å²) in [7, 11) is 1.97. The molecule has 4 heteroatoms.